The molecule has 0 saturated heterocycles. The van der Waals surface area contributed by atoms with Crippen LogP contribution in [0.2, 0.25) is 0 Å². The largest absolute Gasteiger partial charge is 0.347 e. The fourth-order valence-corrected chi connectivity index (χ4v) is 5.40. The number of aromatic nitrogens is 1. The van der Waals surface area contributed by atoms with Crippen molar-refractivity contribution < 1.29 is 12.8 Å². The van der Waals surface area contributed by atoms with Crippen LogP contribution in [0.3, 0.4) is 0 Å². The molecule has 1 aromatic carbocycles. The van der Waals surface area contributed by atoms with Crippen LogP contribution in [0.4, 0.5) is 4.39 Å². The Kier molecular flexibility index (Phi) is 4.43. The predicted octanol–water partition coefficient (Wildman–Crippen LogP) is 4.85. The summed E-state index contributed by atoms with van der Waals surface area (Å²) in [4.78, 5) is 0. The molecule has 2 fully saturated rings. The molecule has 2 saturated carbocycles. The van der Waals surface area contributed by atoms with Crippen LogP contribution in [0.25, 0.3) is 10.9 Å². The smallest absolute Gasteiger partial charge is 0.215 e. The first-order valence-electron chi connectivity index (χ1n) is 9.88. The molecule has 2 aliphatic carbocycles. The van der Waals surface area contributed by atoms with E-state index < -0.39 is 10.0 Å². The zero-order valence-corrected chi connectivity index (χ0v) is 17.4. The van der Waals surface area contributed by atoms with Crippen LogP contribution in [-0.2, 0) is 16.6 Å². The fourth-order valence-electron chi connectivity index (χ4n) is 3.83. The van der Waals surface area contributed by atoms with Gasteiger partial charge in [-0.2, -0.15) is 0 Å². The molecule has 27 heavy (non-hydrogen) atoms. The number of hydrogen-bond acceptors (Lipinski definition) is 2. The van der Waals surface area contributed by atoms with Crippen LogP contribution >= 0.6 is 0 Å². The Balaban J connectivity index is 1.78. The number of rotatable bonds is 6. The number of sulfonamides is 1. The molecular formula is C21H29FN2O2S. The van der Waals surface area contributed by atoms with Gasteiger partial charge in [0.05, 0.1) is 5.25 Å². The molecule has 4 rings (SSSR count). The van der Waals surface area contributed by atoms with Crippen LogP contribution in [0.1, 0.15) is 76.5 Å². The van der Waals surface area contributed by atoms with Crippen molar-refractivity contribution in [2.75, 3.05) is 0 Å². The van der Waals surface area contributed by atoms with Gasteiger partial charge in [0.15, 0.2) is 0 Å². The molecule has 1 N–H and O–H groups in total. The van der Waals surface area contributed by atoms with Crippen molar-refractivity contribution in [1.82, 2.24) is 9.29 Å². The molecule has 148 valence electrons. The number of halogens is 1. The minimum absolute atomic E-state index is 0.0636. The number of nitrogens with zero attached hydrogens (tertiary/aromatic N) is 1. The number of hydrogen-bond donors (Lipinski definition) is 1. The maximum absolute atomic E-state index is 14.7. The molecule has 0 bridgehead atoms. The summed E-state index contributed by atoms with van der Waals surface area (Å²) < 4.78 is 44.5. The van der Waals surface area contributed by atoms with Crippen molar-refractivity contribution in [3.8, 4) is 0 Å². The van der Waals surface area contributed by atoms with E-state index in [1.54, 1.807) is 6.07 Å². The van der Waals surface area contributed by atoms with E-state index in [2.05, 4.69) is 30.1 Å². The molecule has 6 heteroatoms. The average Bonchev–Trinajstić information content (AvgIpc) is 3.42. The van der Waals surface area contributed by atoms with Crippen LogP contribution in [0.15, 0.2) is 18.3 Å². The second kappa shape index (κ2) is 6.31. The molecule has 1 heterocycles. The molecular weight excluding hydrogens is 363 g/mol. The van der Waals surface area contributed by atoms with Gasteiger partial charge in [-0.05, 0) is 67.2 Å². The summed E-state index contributed by atoms with van der Waals surface area (Å²) in [7, 11) is -3.30. The van der Waals surface area contributed by atoms with Crippen molar-refractivity contribution >= 4 is 20.9 Å². The Morgan fingerprint density at radius 1 is 1.22 bits per heavy atom. The standard InChI is InChI=1S/C21H29FN2O2S/c1-13(23-27(25,26)15-7-8-15)18-11-24(12-21(2,3)4)20-10-16(14-5-6-14)19(22)9-17(18)20/h9-11,13-15,23H,5-8,12H2,1-4H3/t13-/m1/s1. The lowest BCUT2D eigenvalue weighted by Crippen LogP contribution is -2.29. The lowest BCUT2D eigenvalue weighted by atomic mass is 9.97. The van der Waals surface area contributed by atoms with Gasteiger partial charge < -0.3 is 4.57 Å². The predicted molar refractivity (Wildman–Crippen MR) is 107 cm³/mol. The molecule has 4 nitrogen and oxygen atoms in total. The third-order valence-corrected chi connectivity index (χ3v) is 7.49. The second-order valence-corrected chi connectivity index (χ2v) is 11.5. The Labute approximate surface area is 161 Å². The normalized spacial score (nSPS) is 19.6. The molecule has 0 aliphatic heterocycles. The van der Waals surface area contributed by atoms with E-state index in [0.29, 0.717) is 5.92 Å². The van der Waals surface area contributed by atoms with E-state index in [1.807, 2.05) is 19.2 Å². The quantitative estimate of drug-likeness (QED) is 0.764. The first-order chi connectivity index (χ1) is 12.5. The summed E-state index contributed by atoms with van der Waals surface area (Å²) in [5.41, 5.74) is 2.71. The molecule has 2 aliphatic rings. The maximum atomic E-state index is 14.7. The van der Waals surface area contributed by atoms with Crippen LogP contribution in [0.5, 0.6) is 0 Å². The maximum Gasteiger partial charge on any atom is 0.215 e. The van der Waals surface area contributed by atoms with Gasteiger partial charge >= 0.3 is 0 Å². The minimum atomic E-state index is -3.30. The SMILES string of the molecule is C[C@@H](NS(=O)(=O)C1CC1)c1cn(CC(C)(C)C)c2cc(C3CC3)c(F)cc12. The summed E-state index contributed by atoms with van der Waals surface area (Å²) in [6.07, 6.45) is 5.56. The Bertz CT molecular complexity index is 980. The average molecular weight is 393 g/mol. The van der Waals surface area contributed by atoms with Crippen LogP contribution in [0, 0.1) is 11.2 Å². The topological polar surface area (TPSA) is 51.1 Å². The lowest BCUT2D eigenvalue weighted by molar-refractivity contribution is 0.349. The molecule has 1 atom stereocenters. The summed E-state index contributed by atoms with van der Waals surface area (Å²) >= 11 is 0. The van der Waals surface area contributed by atoms with Crippen molar-refractivity contribution in [2.24, 2.45) is 5.41 Å². The number of nitrogens with one attached hydrogen (secondary N) is 1. The highest BCUT2D eigenvalue weighted by Crippen LogP contribution is 2.43. The summed E-state index contributed by atoms with van der Waals surface area (Å²) in [5, 5.41) is 0.549. The van der Waals surface area contributed by atoms with Crippen LogP contribution in [-0.4, -0.2) is 18.2 Å². The summed E-state index contributed by atoms with van der Waals surface area (Å²) in [6.45, 7) is 9.15. The summed E-state index contributed by atoms with van der Waals surface area (Å²) in [6, 6.07) is 3.21. The molecule has 0 amide bonds. The van der Waals surface area contributed by atoms with Gasteiger partial charge in [-0.3, -0.25) is 0 Å². The van der Waals surface area contributed by atoms with Crippen molar-refractivity contribution in [2.45, 2.75) is 77.1 Å². The van der Waals surface area contributed by atoms with Gasteiger partial charge in [0.1, 0.15) is 5.82 Å². The third-order valence-electron chi connectivity index (χ3n) is 5.46. The third kappa shape index (κ3) is 3.92. The first-order valence-corrected chi connectivity index (χ1v) is 11.4. The first kappa shape index (κ1) is 18.9. The molecule has 2 aromatic rings. The van der Waals surface area contributed by atoms with Gasteiger partial charge in [-0.1, -0.05) is 20.8 Å². The highest BCUT2D eigenvalue weighted by Gasteiger charge is 2.37. The zero-order valence-electron chi connectivity index (χ0n) is 16.5. The fraction of sp³-hybridized carbons (Fsp3) is 0.619. The van der Waals surface area contributed by atoms with Crippen molar-refractivity contribution in [1.29, 1.82) is 0 Å². The highest BCUT2D eigenvalue weighted by molar-refractivity contribution is 7.90. The van der Waals surface area contributed by atoms with Crippen LogP contribution < -0.4 is 4.72 Å². The number of benzene rings is 1. The Morgan fingerprint density at radius 3 is 2.44 bits per heavy atom. The summed E-state index contributed by atoms with van der Waals surface area (Å²) in [5.74, 6) is 0.165. The van der Waals surface area contributed by atoms with Gasteiger partial charge in [-0.25, -0.2) is 17.5 Å². The molecule has 0 unspecified atom stereocenters. The van der Waals surface area contributed by atoms with E-state index in [-0.39, 0.29) is 22.5 Å². The molecule has 0 radical (unpaired) electrons. The van der Waals surface area contributed by atoms with Crippen molar-refractivity contribution in [3.63, 3.8) is 0 Å². The monoisotopic (exact) mass is 392 g/mol. The van der Waals surface area contributed by atoms with E-state index in [9.17, 15) is 12.8 Å². The van der Waals surface area contributed by atoms with E-state index in [1.165, 1.54) is 0 Å². The second-order valence-electron chi connectivity index (χ2n) is 9.52. The van der Waals surface area contributed by atoms with Crippen molar-refractivity contribution in [3.05, 3.63) is 35.3 Å². The van der Waals surface area contributed by atoms with E-state index in [0.717, 1.165) is 54.3 Å². The molecule has 0 spiro atoms. The Morgan fingerprint density at radius 2 is 1.89 bits per heavy atom. The van der Waals surface area contributed by atoms with Gasteiger partial charge in [0.25, 0.3) is 0 Å². The van der Waals surface area contributed by atoms with Gasteiger partial charge in [-0.15, -0.1) is 0 Å². The van der Waals surface area contributed by atoms with Gasteiger partial charge in [0.2, 0.25) is 10.0 Å². The molecule has 1 aromatic heterocycles. The minimum Gasteiger partial charge on any atom is -0.347 e. The van der Waals surface area contributed by atoms with E-state index >= 15 is 0 Å². The zero-order chi connectivity index (χ0) is 19.6. The van der Waals surface area contributed by atoms with E-state index in [4.69, 9.17) is 0 Å². The highest BCUT2D eigenvalue weighted by atomic mass is 32.2. The lowest BCUT2D eigenvalue weighted by Gasteiger charge is -2.20. The number of fused-ring (bicyclic) bond motifs is 1. The Hall–Kier alpha value is -1.40. The van der Waals surface area contributed by atoms with Gasteiger partial charge in [0, 0.05) is 29.7 Å².